The van der Waals surface area contributed by atoms with Gasteiger partial charge in [0.05, 0.1) is 0 Å². The van der Waals surface area contributed by atoms with Crippen LogP contribution in [-0.2, 0) is 9.47 Å². The Kier molecular flexibility index (Phi) is 9.43. The first-order valence-electron chi connectivity index (χ1n) is 7.35. The summed E-state index contributed by atoms with van der Waals surface area (Å²) in [6, 6.07) is 1.73. The van der Waals surface area contributed by atoms with Gasteiger partial charge in [0.25, 0.3) is 0 Å². The summed E-state index contributed by atoms with van der Waals surface area (Å²) in [6.45, 7) is 5.49. The molecule has 0 N–H and O–H groups in total. The molecule has 0 saturated heterocycles. The van der Waals surface area contributed by atoms with Gasteiger partial charge in [-0.2, -0.15) is 0 Å². The van der Waals surface area contributed by atoms with Crippen LogP contribution in [0.1, 0.15) is 52.4 Å². The second kappa shape index (κ2) is 10.7. The van der Waals surface area contributed by atoms with Crippen LogP contribution in [0.15, 0.2) is 4.99 Å². The van der Waals surface area contributed by atoms with Crippen LogP contribution in [0.25, 0.3) is 0 Å². The van der Waals surface area contributed by atoms with Crippen molar-refractivity contribution < 1.29 is 9.47 Å². The molecule has 0 heterocycles. The minimum absolute atomic E-state index is 0.00285. The fourth-order valence-electron chi connectivity index (χ4n) is 2.19. The van der Waals surface area contributed by atoms with Crippen LogP contribution in [0.5, 0.6) is 0 Å². The monoisotopic (exact) mass is 269 g/mol. The third-order valence-electron chi connectivity index (χ3n) is 3.11. The average Bonchev–Trinajstić information content (AvgIpc) is 2.40. The van der Waals surface area contributed by atoms with Gasteiger partial charge in [0.15, 0.2) is 0 Å². The van der Waals surface area contributed by atoms with Crippen molar-refractivity contribution in [2.45, 2.75) is 70.4 Å². The zero-order chi connectivity index (χ0) is 13.1. The van der Waals surface area contributed by atoms with Crippen molar-refractivity contribution in [3.05, 3.63) is 0 Å². The van der Waals surface area contributed by atoms with Crippen molar-refractivity contribution in [2.24, 2.45) is 4.99 Å². The van der Waals surface area contributed by atoms with E-state index in [0.29, 0.717) is 6.04 Å². The lowest BCUT2D eigenvalue weighted by molar-refractivity contribution is -0.0827. The molecular formula is C14H27NO2Si. The third kappa shape index (κ3) is 7.29. The highest BCUT2D eigenvalue weighted by Crippen LogP contribution is 2.19. The molecule has 18 heavy (non-hydrogen) atoms. The Morgan fingerprint density at radius 1 is 1.17 bits per heavy atom. The molecule has 1 fully saturated rings. The van der Waals surface area contributed by atoms with Crippen molar-refractivity contribution in [1.29, 1.82) is 0 Å². The molecule has 0 unspecified atom stereocenters. The van der Waals surface area contributed by atoms with E-state index in [1.807, 2.05) is 13.8 Å². The predicted molar refractivity (Wildman–Crippen MR) is 77.6 cm³/mol. The number of nitrogens with zero attached hydrogens (tertiary/aromatic N) is 1. The molecule has 0 aromatic rings. The Morgan fingerprint density at radius 2 is 1.83 bits per heavy atom. The quantitative estimate of drug-likeness (QED) is 0.278. The highest BCUT2D eigenvalue weighted by atomic mass is 28.2. The summed E-state index contributed by atoms with van der Waals surface area (Å²) >= 11 is 0. The average molecular weight is 269 g/mol. The maximum atomic E-state index is 5.52. The van der Waals surface area contributed by atoms with E-state index >= 15 is 0 Å². The zero-order valence-corrected chi connectivity index (χ0v) is 12.9. The molecule has 0 aromatic heterocycles. The lowest BCUT2D eigenvalue weighted by atomic mass is 9.96. The predicted octanol–water partition coefficient (Wildman–Crippen LogP) is 3.26. The van der Waals surface area contributed by atoms with Gasteiger partial charge in [-0.05, 0) is 39.3 Å². The van der Waals surface area contributed by atoms with Crippen LogP contribution in [-0.4, -0.2) is 40.9 Å². The zero-order valence-electron chi connectivity index (χ0n) is 11.9. The molecule has 1 rings (SSSR count). The summed E-state index contributed by atoms with van der Waals surface area (Å²) in [5.74, 6) is 0.00285. The Bertz CT molecular complexity index is 212. The molecule has 3 nitrogen and oxygen atoms in total. The second-order valence-corrected chi connectivity index (χ2v) is 5.99. The van der Waals surface area contributed by atoms with Crippen LogP contribution >= 0.6 is 0 Å². The maximum absolute atomic E-state index is 5.52. The van der Waals surface area contributed by atoms with Gasteiger partial charge in [0.1, 0.15) is 15.4 Å². The maximum Gasteiger partial charge on any atom is 0.137 e. The molecule has 1 saturated carbocycles. The van der Waals surface area contributed by atoms with E-state index in [-0.39, 0.29) is 5.91 Å². The smallest absolute Gasteiger partial charge is 0.137 e. The highest BCUT2D eigenvalue weighted by Gasteiger charge is 2.11. The van der Waals surface area contributed by atoms with Crippen molar-refractivity contribution in [2.75, 3.05) is 13.2 Å². The summed E-state index contributed by atoms with van der Waals surface area (Å²) in [7, 11) is 0.720. The number of rotatable bonds is 9. The van der Waals surface area contributed by atoms with Gasteiger partial charge >= 0.3 is 0 Å². The molecule has 2 radical (unpaired) electrons. The van der Waals surface area contributed by atoms with E-state index in [2.05, 4.69) is 11.2 Å². The molecule has 0 aromatic carbocycles. The molecule has 0 bridgehead atoms. The summed E-state index contributed by atoms with van der Waals surface area (Å²) in [5, 5.41) is 0. The van der Waals surface area contributed by atoms with Gasteiger partial charge in [-0.25, -0.2) is 0 Å². The Labute approximate surface area is 114 Å². The molecule has 0 atom stereocenters. The van der Waals surface area contributed by atoms with Crippen molar-refractivity contribution >= 4 is 15.7 Å². The summed E-state index contributed by atoms with van der Waals surface area (Å²) < 4.78 is 11.0. The molecule has 4 heteroatoms. The van der Waals surface area contributed by atoms with Crippen molar-refractivity contribution in [3.8, 4) is 0 Å². The minimum Gasteiger partial charge on any atom is -0.357 e. The van der Waals surface area contributed by atoms with E-state index in [4.69, 9.17) is 9.47 Å². The SMILES string of the molecule is CCOC(OCC)[Si]CCC=NC1CCCCC1. The van der Waals surface area contributed by atoms with Gasteiger partial charge < -0.3 is 9.47 Å². The molecule has 0 spiro atoms. The van der Waals surface area contributed by atoms with E-state index in [0.717, 1.165) is 35.2 Å². The highest BCUT2D eigenvalue weighted by molar-refractivity contribution is 6.36. The van der Waals surface area contributed by atoms with Gasteiger partial charge in [0.2, 0.25) is 0 Å². The van der Waals surface area contributed by atoms with Gasteiger partial charge in [-0.3, -0.25) is 4.99 Å². The largest absolute Gasteiger partial charge is 0.357 e. The molecular weight excluding hydrogens is 242 g/mol. The lowest BCUT2D eigenvalue weighted by Crippen LogP contribution is -2.24. The first kappa shape index (κ1) is 15.9. The van der Waals surface area contributed by atoms with E-state index < -0.39 is 0 Å². The van der Waals surface area contributed by atoms with Crippen LogP contribution in [0.4, 0.5) is 0 Å². The minimum atomic E-state index is 0.00285. The molecule has 0 aliphatic heterocycles. The standard InChI is InChI=1S/C14H27NO2Si/c1-3-16-14(17-4-2)18-12-8-11-15-13-9-6-5-7-10-13/h11,13-14H,3-10,12H2,1-2H3. The normalized spacial score (nSPS) is 17.9. The van der Waals surface area contributed by atoms with E-state index in [9.17, 15) is 0 Å². The van der Waals surface area contributed by atoms with Crippen molar-refractivity contribution in [1.82, 2.24) is 0 Å². The number of aliphatic imine (C=N–C) groups is 1. The number of hydrogen-bond donors (Lipinski definition) is 0. The third-order valence-corrected chi connectivity index (χ3v) is 4.36. The molecule has 1 aliphatic rings. The second-order valence-electron chi connectivity index (χ2n) is 4.61. The van der Waals surface area contributed by atoms with Crippen LogP contribution in [0.2, 0.25) is 6.04 Å². The summed E-state index contributed by atoms with van der Waals surface area (Å²) in [6.07, 6.45) is 9.89. The van der Waals surface area contributed by atoms with Gasteiger partial charge in [0, 0.05) is 19.3 Å². The van der Waals surface area contributed by atoms with E-state index in [1.54, 1.807) is 0 Å². The Morgan fingerprint density at radius 3 is 2.44 bits per heavy atom. The van der Waals surface area contributed by atoms with Gasteiger partial charge in [-0.15, -0.1) is 0 Å². The van der Waals surface area contributed by atoms with Crippen LogP contribution in [0, 0.1) is 0 Å². The summed E-state index contributed by atoms with van der Waals surface area (Å²) in [5.41, 5.74) is 0. The topological polar surface area (TPSA) is 30.8 Å². The fourth-order valence-corrected chi connectivity index (χ4v) is 3.29. The summed E-state index contributed by atoms with van der Waals surface area (Å²) in [4.78, 5) is 4.67. The molecule has 0 amide bonds. The Balaban J connectivity index is 2.06. The molecule has 104 valence electrons. The molecule has 1 aliphatic carbocycles. The number of hydrogen-bond acceptors (Lipinski definition) is 3. The van der Waals surface area contributed by atoms with Crippen molar-refractivity contribution in [3.63, 3.8) is 0 Å². The Hall–Kier alpha value is -0.193. The number of ether oxygens (including phenoxy) is 2. The van der Waals surface area contributed by atoms with Gasteiger partial charge in [-0.1, -0.05) is 25.3 Å². The fraction of sp³-hybridized carbons (Fsp3) is 0.929. The first-order valence-corrected chi connectivity index (χ1v) is 8.63. The lowest BCUT2D eigenvalue weighted by Gasteiger charge is -2.17. The van der Waals surface area contributed by atoms with Crippen LogP contribution in [0.3, 0.4) is 0 Å². The first-order chi connectivity index (χ1) is 8.86. The van der Waals surface area contributed by atoms with E-state index in [1.165, 1.54) is 32.1 Å². The van der Waals surface area contributed by atoms with Crippen LogP contribution < -0.4 is 0 Å².